The summed E-state index contributed by atoms with van der Waals surface area (Å²) in [5, 5.41) is 13.4. The fourth-order valence-electron chi connectivity index (χ4n) is 6.90. The number of anilines is 1. The highest BCUT2D eigenvalue weighted by molar-refractivity contribution is 14.1. The van der Waals surface area contributed by atoms with Crippen molar-refractivity contribution >= 4 is 34.1 Å². The van der Waals surface area contributed by atoms with Gasteiger partial charge in [-0.05, 0) is 71.9 Å². The highest BCUT2D eigenvalue weighted by Gasteiger charge is 2.70. The van der Waals surface area contributed by atoms with Crippen LogP contribution in [-0.2, 0) is 19.9 Å². The Bertz CT molecular complexity index is 984. The number of aliphatic hydroxyl groups excluding tert-OH is 1. The lowest BCUT2D eigenvalue weighted by atomic mass is 9.66. The van der Waals surface area contributed by atoms with Crippen molar-refractivity contribution in [2.24, 2.45) is 11.8 Å². The summed E-state index contributed by atoms with van der Waals surface area (Å²) < 4.78 is 20.3. The number of piperidine rings is 2. The second-order valence-corrected chi connectivity index (χ2v) is 10.8. The monoisotopic (exact) mass is 568 g/mol. The van der Waals surface area contributed by atoms with E-state index in [0.717, 1.165) is 58.5 Å². The molecule has 0 unspecified atom stereocenters. The van der Waals surface area contributed by atoms with E-state index in [2.05, 4.69) is 51.9 Å². The predicted molar refractivity (Wildman–Crippen MR) is 133 cm³/mol. The fraction of sp³-hybridized carbons (Fsp3) is 0.640. The third-order valence-electron chi connectivity index (χ3n) is 8.25. The van der Waals surface area contributed by atoms with Gasteiger partial charge < -0.3 is 24.6 Å². The molecule has 1 aromatic rings. The number of ether oxygens (including phenoxy) is 3. The van der Waals surface area contributed by atoms with Crippen LogP contribution in [0.1, 0.15) is 38.7 Å². The zero-order valence-corrected chi connectivity index (χ0v) is 21.7. The number of hydrogen-bond donors (Lipinski definition) is 2. The zero-order chi connectivity index (χ0) is 23.4. The van der Waals surface area contributed by atoms with E-state index in [4.69, 9.17) is 14.2 Å². The highest BCUT2D eigenvalue weighted by Crippen LogP contribution is 2.61. The Morgan fingerprint density at radius 3 is 2.88 bits per heavy atom. The quantitative estimate of drug-likeness (QED) is 0.417. The molecule has 180 valence electrons. The van der Waals surface area contributed by atoms with Crippen molar-refractivity contribution in [3.63, 3.8) is 0 Å². The third-order valence-corrected chi connectivity index (χ3v) is 8.87. The van der Waals surface area contributed by atoms with Crippen LogP contribution >= 0.6 is 22.6 Å². The molecule has 5 atom stereocenters. The number of Topliss-reactive ketones (excluding diaryl/α,β-unsaturated/α-hetero) is 1. The molecule has 0 bridgehead atoms. The molecule has 0 radical (unpaired) electrons. The standard InChI is InChI=1S/C25H33IN2O5/c1-4-15-13-28-7-6-24-23-19(10-16(26)11-21(23)31-3)27-25(24,33-9-8-32-24)22(28)12-18(15)17(5-2)20(30)14-29/h5,10-11,15,18,22,27,29H,4,6-9,12-14H2,1-3H3/b17-5+/t15-,18+,22+,24+,25+/m1/s1. The molecule has 33 heavy (non-hydrogen) atoms. The first-order valence-corrected chi connectivity index (χ1v) is 13.0. The Kier molecular flexibility index (Phi) is 6.27. The third kappa shape index (κ3) is 3.31. The number of fused-ring (bicyclic) bond motifs is 2. The van der Waals surface area contributed by atoms with Gasteiger partial charge in [-0.15, -0.1) is 0 Å². The average molecular weight is 568 g/mol. The first-order valence-electron chi connectivity index (χ1n) is 11.9. The molecular weight excluding hydrogens is 535 g/mol. The van der Waals surface area contributed by atoms with Crippen LogP contribution < -0.4 is 10.1 Å². The number of carbonyl (C=O) groups is 1. The lowest BCUT2D eigenvalue weighted by Gasteiger charge is -2.61. The summed E-state index contributed by atoms with van der Waals surface area (Å²) in [6.45, 7) is 6.49. The average Bonchev–Trinajstić information content (AvgIpc) is 3.14. The summed E-state index contributed by atoms with van der Waals surface area (Å²) in [5.41, 5.74) is 1.42. The van der Waals surface area contributed by atoms with E-state index in [1.165, 1.54) is 0 Å². The molecule has 3 saturated heterocycles. The molecule has 3 fully saturated rings. The summed E-state index contributed by atoms with van der Waals surface area (Å²) in [4.78, 5) is 15.2. The molecule has 1 aromatic carbocycles. The normalized spacial score (nSPS) is 35.7. The largest absolute Gasteiger partial charge is 0.496 e. The van der Waals surface area contributed by atoms with Crippen molar-refractivity contribution in [2.45, 2.75) is 50.5 Å². The molecule has 0 saturated carbocycles. The first-order chi connectivity index (χ1) is 15.9. The smallest absolute Gasteiger partial charge is 0.188 e. The summed E-state index contributed by atoms with van der Waals surface area (Å²) >= 11 is 2.32. The molecule has 0 aliphatic carbocycles. The van der Waals surface area contributed by atoms with Crippen molar-refractivity contribution in [3.05, 3.63) is 32.9 Å². The molecule has 8 heteroatoms. The number of hydrogen-bond acceptors (Lipinski definition) is 7. The maximum Gasteiger partial charge on any atom is 0.188 e. The van der Waals surface area contributed by atoms with Crippen LogP contribution in [0.15, 0.2) is 23.8 Å². The van der Waals surface area contributed by atoms with Crippen LogP contribution in [0.25, 0.3) is 0 Å². The van der Waals surface area contributed by atoms with Gasteiger partial charge in [-0.3, -0.25) is 9.69 Å². The molecule has 7 nitrogen and oxygen atoms in total. The van der Waals surface area contributed by atoms with Gasteiger partial charge in [-0.25, -0.2) is 0 Å². The van der Waals surface area contributed by atoms with E-state index in [-0.39, 0.29) is 17.7 Å². The fourth-order valence-corrected chi connectivity index (χ4v) is 7.50. The minimum atomic E-state index is -0.748. The van der Waals surface area contributed by atoms with Crippen LogP contribution in [0.3, 0.4) is 0 Å². The number of rotatable bonds is 5. The number of ketones is 1. The van der Waals surface area contributed by atoms with Gasteiger partial charge in [0.25, 0.3) is 0 Å². The van der Waals surface area contributed by atoms with Crippen LogP contribution in [-0.4, -0.2) is 67.6 Å². The minimum absolute atomic E-state index is 0.0237. The van der Waals surface area contributed by atoms with Crippen molar-refractivity contribution in [2.75, 3.05) is 45.3 Å². The van der Waals surface area contributed by atoms with Crippen LogP contribution in [0.5, 0.6) is 5.75 Å². The molecule has 4 aliphatic heterocycles. The van der Waals surface area contributed by atoms with Gasteiger partial charge in [0.15, 0.2) is 11.5 Å². The highest BCUT2D eigenvalue weighted by atomic mass is 127. The number of carbonyl (C=O) groups excluding carboxylic acids is 1. The SMILES string of the molecule is C/C=C(/C(=O)CO)[C@H]1C[C@@H]2N(CC[C@@]34OCCO[C@@]23Nc2cc(I)cc(OC)c24)C[C@H]1CC. The Labute approximate surface area is 209 Å². The van der Waals surface area contributed by atoms with Gasteiger partial charge in [-0.1, -0.05) is 19.4 Å². The van der Waals surface area contributed by atoms with E-state index in [0.29, 0.717) is 19.1 Å². The van der Waals surface area contributed by atoms with Crippen molar-refractivity contribution in [1.82, 2.24) is 4.90 Å². The number of nitrogens with one attached hydrogen (secondary N) is 1. The Balaban J connectivity index is 1.61. The van der Waals surface area contributed by atoms with Crippen molar-refractivity contribution in [1.29, 1.82) is 0 Å². The number of nitrogens with zero attached hydrogens (tertiary/aromatic N) is 1. The van der Waals surface area contributed by atoms with Crippen molar-refractivity contribution < 1.29 is 24.1 Å². The lowest BCUT2D eigenvalue weighted by molar-refractivity contribution is -0.297. The molecule has 0 aromatic heterocycles. The van der Waals surface area contributed by atoms with Crippen molar-refractivity contribution in [3.8, 4) is 5.75 Å². The molecule has 0 spiro atoms. The maximum atomic E-state index is 12.7. The predicted octanol–water partition coefficient (Wildman–Crippen LogP) is 3.29. The summed E-state index contributed by atoms with van der Waals surface area (Å²) in [6.07, 6.45) is 4.47. The van der Waals surface area contributed by atoms with Gasteiger partial charge in [0.1, 0.15) is 18.0 Å². The molecule has 5 rings (SSSR count). The summed E-state index contributed by atoms with van der Waals surface area (Å²) in [5.74, 6) is 1.09. The first kappa shape index (κ1) is 23.5. The van der Waals surface area contributed by atoms with Gasteiger partial charge in [-0.2, -0.15) is 0 Å². The van der Waals surface area contributed by atoms with E-state index in [1.807, 2.05) is 13.0 Å². The zero-order valence-electron chi connectivity index (χ0n) is 19.5. The van der Waals surface area contributed by atoms with Gasteiger partial charge in [0.05, 0.1) is 31.9 Å². The molecule has 2 N–H and O–H groups in total. The van der Waals surface area contributed by atoms with E-state index < -0.39 is 17.9 Å². The maximum absolute atomic E-state index is 12.7. The Morgan fingerprint density at radius 2 is 2.18 bits per heavy atom. The molecule has 4 aliphatic rings. The lowest BCUT2D eigenvalue weighted by Crippen LogP contribution is -2.75. The van der Waals surface area contributed by atoms with Crippen LogP contribution in [0.2, 0.25) is 0 Å². The van der Waals surface area contributed by atoms with Gasteiger partial charge >= 0.3 is 0 Å². The topological polar surface area (TPSA) is 80.3 Å². The Hall–Kier alpha value is -1.20. The number of allylic oxidation sites excluding steroid dienone is 1. The van der Waals surface area contributed by atoms with E-state index >= 15 is 0 Å². The molecule has 0 amide bonds. The molecule has 4 heterocycles. The second-order valence-electron chi connectivity index (χ2n) is 9.51. The summed E-state index contributed by atoms with van der Waals surface area (Å²) in [7, 11) is 1.71. The number of halogens is 1. The van der Waals surface area contributed by atoms with E-state index in [1.54, 1.807) is 7.11 Å². The number of aliphatic hydroxyl groups is 1. The van der Waals surface area contributed by atoms with Crippen LogP contribution in [0.4, 0.5) is 5.69 Å². The molecular formula is C25H33IN2O5. The number of methoxy groups -OCH3 is 1. The number of benzene rings is 1. The van der Waals surface area contributed by atoms with Gasteiger partial charge in [0, 0.05) is 22.3 Å². The van der Waals surface area contributed by atoms with Crippen LogP contribution in [0, 0.1) is 15.4 Å². The summed E-state index contributed by atoms with van der Waals surface area (Å²) in [6, 6.07) is 4.23. The second kappa shape index (κ2) is 8.78. The Morgan fingerprint density at radius 1 is 1.39 bits per heavy atom. The van der Waals surface area contributed by atoms with E-state index in [9.17, 15) is 9.90 Å². The van der Waals surface area contributed by atoms with Gasteiger partial charge in [0.2, 0.25) is 0 Å². The minimum Gasteiger partial charge on any atom is -0.496 e.